The average molecular weight is 317 g/mol. The Morgan fingerprint density at radius 3 is 1.54 bits per heavy atom. The van der Waals surface area contributed by atoms with Crippen LogP contribution in [0.5, 0.6) is 0 Å². The molecule has 0 saturated carbocycles. The minimum absolute atomic E-state index is 0.143. The molecule has 0 amide bonds. The summed E-state index contributed by atoms with van der Waals surface area (Å²) in [4.78, 5) is 11.4. The quantitative estimate of drug-likeness (QED) is 0.496. The fourth-order valence-electron chi connectivity index (χ4n) is 3.29. The highest BCUT2D eigenvalue weighted by Crippen LogP contribution is 2.36. The van der Waals surface area contributed by atoms with Gasteiger partial charge in [-0.05, 0) is 23.1 Å². The maximum atomic E-state index is 11.6. The van der Waals surface area contributed by atoms with Gasteiger partial charge >= 0.3 is 0 Å². The first-order valence-corrected chi connectivity index (χ1v) is 7.97. The molecule has 120 valence electrons. The Hall–Kier alpha value is -2.94. The van der Waals surface area contributed by atoms with Crippen molar-refractivity contribution in [2.45, 2.75) is 11.8 Å². The van der Waals surface area contributed by atoms with Crippen molar-refractivity contribution in [3.05, 3.63) is 118 Å². The highest BCUT2D eigenvalue weighted by Gasteiger charge is 2.39. The molecule has 3 rings (SSSR count). The number of benzene rings is 3. The van der Waals surface area contributed by atoms with E-state index in [4.69, 9.17) is 0 Å². The van der Waals surface area contributed by atoms with Gasteiger partial charge in [0.05, 0.1) is 5.41 Å². The van der Waals surface area contributed by atoms with Crippen molar-refractivity contribution < 1.29 is 4.92 Å². The van der Waals surface area contributed by atoms with Gasteiger partial charge in [0, 0.05) is 4.92 Å². The van der Waals surface area contributed by atoms with Crippen LogP contribution in [0.15, 0.2) is 91.0 Å². The summed E-state index contributed by atoms with van der Waals surface area (Å²) in [6.07, 6.45) is 0.586. The summed E-state index contributed by atoms with van der Waals surface area (Å²) >= 11 is 0. The molecule has 0 aliphatic carbocycles. The van der Waals surface area contributed by atoms with E-state index in [0.29, 0.717) is 6.42 Å². The van der Waals surface area contributed by atoms with Gasteiger partial charge in [-0.15, -0.1) is 0 Å². The average Bonchev–Trinajstić information content (AvgIpc) is 2.63. The third kappa shape index (κ3) is 3.35. The summed E-state index contributed by atoms with van der Waals surface area (Å²) in [5.41, 5.74) is 2.34. The largest absolute Gasteiger partial charge is 0.264 e. The molecule has 0 fully saturated rings. The van der Waals surface area contributed by atoms with Gasteiger partial charge in [-0.1, -0.05) is 91.0 Å². The molecule has 0 spiro atoms. The van der Waals surface area contributed by atoms with Gasteiger partial charge < -0.3 is 0 Å². The molecule has 3 aromatic carbocycles. The molecule has 0 unspecified atom stereocenters. The molecule has 0 bridgehead atoms. The molecule has 0 radical (unpaired) electrons. The Kier molecular flexibility index (Phi) is 4.71. The van der Waals surface area contributed by atoms with E-state index in [2.05, 4.69) is 0 Å². The van der Waals surface area contributed by atoms with Crippen LogP contribution in [-0.2, 0) is 11.8 Å². The molecular formula is C21H19NO2. The van der Waals surface area contributed by atoms with E-state index in [1.54, 1.807) is 0 Å². The zero-order valence-electron chi connectivity index (χ0n) is 13.3. The van der Waals surface area contributed by atoms with Gasteiger partial charge in [0.2, 0.25) is 6.54 Å². The lowest BCUT2D eigenvalue weighted by Crippen LogP contribution is -2.38. The highest BCUT2D eigenvalue weighted by molar-refractivity contribution is 5.42. The van der Waals surface area contributed by atoms with Crippen molar-refractivity contribution in [3.8, 4) is 0 Å². The van der Waals surface area contributed by atoms with Crippen LogP contribution in [0.1, 0.15) is 16.7 Å². The van der Waals surface area contributed by atoms with Crippen molar-refractivity contribution in [3.63, 3.8) is 0 Å². The minimum atomic E-state index is -0.687. The second-order valence-electron chi connectivity index (χ2n) is 5.97. The van der Waals surface area contributed by atoms with E-state index in [1.807, 2.05) is 91.0 Å². The SMILES string of the molecule is O=[N+]([O-])CC(Cc1ccccc1)(c1ccccc1)c1ccccc1. The topological polar surface area (TPSA) is 43.1 Å². The second kappa shape index (κ2) is 7.09. The van der Waals surface area contributed by atoms with Gasteiger partial charge in [0.25, 0.3) is 0 Å². The molecule has 3 aromatic rings. The van der Waals surface area contributed by atoms with Crippen LogP contribution in [0.3, 0.4) is 0 Å². The van der Waals surface area contributed by atoms with Gasteiger partial charge in [-0.2, -0.15) is 0 Å². The molecule has 3 nitrogen and oxygen atoms in total. The summed E-state index contributed by atoms with van der Waals surface area (Å²) in [6.45, 7) is -0.143. The highest BCUT2D eigenvalue weighted by atomic mass is 16.6. The molecule has 0 heterocycles. The van der Waals surface area contributed by atoms with Crippen LogP contribution in [0.25, 0.3) is 0 Å². The Morgan fingerprint density at radius 1 is 0.708 bits per heavy atom. The van der Waals surface area contributed by atoms with Crippen molar-refractivity contribution in [2.75, 3.05) is 6.54 Å². The van der Waals surface area contributed by atoms with Crippen molar-refractivity contribution in [1.29, 1.82) is 0 Å². The molecule has 0 aromatic heterocycles. The van der Waals surface area contributed by atoms with E-state index in [0.717, 1.165) is 16.7 Å². The predicted molar refractivity (Wildman–Crippen MR) is 95.7 cm³/mol. The van der Waals surface area contributed by atoms with E-state index in [1.165, 1.54) is 0 Å². The minimum Gasteiger partial charge on any atom is -0.264 e. The Bertz CT molecular complexity index is 746. The number of rotatable bonds is 6. The van der Waals surface area contributed by atoms with Gasteiger partial charge in [-0.25, -0.2) is 0 Å². The zero-order chi connectivity index (χ0) is 16.8. The number of hydrogen-bond acceptors (Lipinski definition) is 2. The maximum absolute atomic E-state index is 11.6. The molecule has 0 atom stereocenters. The van der Waals surface area contributed by atoms with E-state index in [9.17, 15) is 10.1 Å². The van der Waals surface area contributed by atoms with Crippen LogP contribution >= 0.6 is 0 Å². The third-order valence-corrected chi connectivity index (χ3v) is 4.40. The molecule has 0 N–H and O–H groups in total. The summed E-state index contributed by atoms with van der Waals surface area (Å²) in [5.74, 6) is 0. The number of hydrogen-bond donors (Lipinski definition) is 0. The summed E-state index contributed by atoms with van der Waals surface area (Å²) in [7, 11) is 0. The molecular weight excluding hydrogens is 298 g/mol. The third-order valence-electron chi connectivity index (χ3n) is 4.40. The first kappa shape index (κ1) is 15.9. The van der Waals surface area contributed by atoms with Gasteiger partial charge in [-0.3, -0.25) is 10.1 Å². The number of nitro groups is 1. The van der Waals surface area contributed by atoms with Crippen molar-refractivity contribution >= 4 is 0 Å². The summed E-state index contributed by atoms with van der Waals surface area (Å²) in [6, 6.07) is 29.6. The number of nitrogens with zero attached hydrogens (tertiary/aromatic N) is 1. The van der Waals surface area contributed by atoms with Crippen molar-refractivity contribution in [1.82, 2.24) is 0 Å². The Balaban J connectivity index is 2.18. The van der Waals surface area contributed by atoms with Gasteiger partial charge in [0.1, 0.15) is 0 Å². The molecule has 24 heavy (non-hydrogen) atoms. The second-order valence-corrected chi connectivity index (χ2v) is 5.97. The summed E-state index contributed by atoms with van der Waals surface area (Å²) < 4.78 is 0. The lowest BCUT2D eigenvalue weighted by Gasteiger charge is -2.31. The smallest absolute Gasteiger partial charge is 0.217 e. The normalized spacial score (nSPS) is 11.2. The van der Waals surface area contributed by atoms with Crippen LogP contribution in [0, 0.1) is 10.1 Å². The fraction of sp³-hybridized carbons (Fsp3) is 0.143. The lowest BCUT2D eigenvalue weighted by atomic mass is 9.70. The maximum Gasteiger partial charge on any atom is 0.217 e. The fourth-order valence-corrected chi connectivity index (χ4v) is 3.29. The Labute approximate surface area is 141 Å². The van der Waals surface area contributed by atoms with Crippen molar-refractivity contribution in [2.24, 2.45) is 0 Å². The van der Waals surface area contributed by atoms with E-state index >= 15 is 0 Å². The van der Waals surface area contributed by atoms with Gasteiger partial charge in [0.15, 0.2) is 0 Å². The van der Waals surface area contributed by atoms with Crippen LogP contribution < -0.4 is 0 Å². The lowest BCUT2D eigenvalue weighted by molar-refractivity contribution is -0.488. The first-order chi connectivity index (χ1) is 11.7. The van der Waals surface area contributed by atoms with Crippen LogP contribution in [-0.4, -0.2) is 11.5 Å². The summed E-state index contributed by atoms with van der Waals surface area (Å²) in [5, 5.41) is 11.6. The van der Waals surface area contributed by atoms with E-state index < -0.39 is 5.41 Å². The van der Waals surface area contributed by atoms with E-state index in [-0.39, 0.29) is 11.5 Å². The van der Waals surface area contributed by atoms with Crippen LogP contribution in [0.4, 0.5) is 0 Å². The Morgan fingerprint density at radius 2 is 1.12 bits per heavy atom. The molecule has 0 saturated heterocycles. The monoisotopic (exact) mass is 317 g/mol. The molecule has 0 aliphatic heterocycles. The van der Waals surface area contributed by atoms with Crippen LogP contribution in [0.2, 0.25) is 0 Å². The molecule has 3 heteroatoms. The standard InChI is InChI=1S/C21H19NO2/c23-22(24)17-21(19-12-6-2-7-13-19,20-14-8-3-9-15-20)16-18-10-4-1-5-11-18/h1-15H,16-17H2. The molecule has 0 aliphatic rings. The predicted octanol–water partition coefficient (Wildman–Crippen LogP) is 4.49. The zero-order valence-corrected chi connectivity index (χ0v) is 13.3. The first-order valence-electron chi connectivity index (χ1n) is 7.97.